The molecule has 3 aliphatic carbocycles. The smallest absolute Gasteiger partial charge is 0.355 e. The van der Waals surface area contributed by atoms with Crippen molar-refractivity contribution in [2.45, 2.75) is 107 Å². The second-order valence-corrected chi connectivity index (χ2v) is 21.1. The lowest BCUT2D eigenvalue weighted by Crippen LogP contribution is -2.70. The molecule has 6 atom stereocenters. The summed E-state index contributed by atoms with van der Waals surface area (Å²) in [6.45, 7) is 1.22. The van der Waals surface area contributed by atoms with E-state index in [1.54, 1.807) is 39.2 Å². The Morgan fingerprint density at radius 1 is 0.944 bits per heavy atom. The number of aliphatic hydroxyl groups is 3. The van der Waals surface area contributed by atoms with Crippen LogP contribution in [0, 0.1) is 11.8 Å². The van der Waals surface area contributed by atoms with Crippen LogP contribution in [0.15, 0.2) is 63.6 Å². The molecule has 0 radical (unpaired) electrons. The standard InChI is InChI=1S/C50H61N5O14S2/c1-26(56)68-24-28-25-71-48-39(52-34(57)23-29-15-14-20-70-29)47(64)55(48)40(28)49(65)67-19-13-11-9-7-6-8-10-12-16-35(58)69-33-18-17-32(53(2)3)30-21-27-22-31-41(54(4)5)43(60)38(46(51)63)45(62)50(31,66)44(61)36(27)42(59)37(30)33/h14-15,17-18,20,27,31,39,41,48,60-61,66H,6-13,16,19,21-25H2,1-5H3,(H2,51,63)(H,52,57)/t27-,31-,39+,41-,48+,50-/m0/s1. The third kappa shape index (κ3) is 10.6. The maximum atomic E-state index is 14.5. The highest BCUT2D eigenvalue weighted by Crippen LogP contribution is 2.53. The molecule has 1 saturated heterocycles. The number of amides is 3. The van der Waals surface area contributed by atoms with E-state index in [-0.39, 0.29) is 67.4 Å². The number of ketones is 2. The van der Waals surface area contributed by atoms with Gasteiger partial charge in [-0.25, -0.2) is 4.79 Å². The number of aliphatic hydroxyl groups excluding tert-OH is 2. The summed E-state index contributed by atoms with van der Waals surface area (Å²) in [5.41, 5.74) is 3.42. The molecule has 19 nitrogen and oxygen atoms in total. The third-order valence-corrected chi connectivity index (χ3v) is 15.9. The van der Waals surface area contributed by atoms with Gasteiger partial charge >= 0.3 is 17.9 Å². The Morgan fingerprint density at radius 2 is 1.63 bits per heavy atom. The molecule has 2 aliphatic heterocycles. The van der Waals surface area contributed by atoms with Gasteiger partial charge in [-0.1, -0.05) is 44.6 Å². The number of benzene rings is 1. The van der Waals surface area contributed by atoms with Gasteiger partial charge in [-0.15, -0.1) is 23.1 Å². The zero-order valence-corrected chi connectivity index (χ0v) is 42.1. The minimum absolute atomic E-state index is 0.0101. The predicted molar refractivity (Wildman–Crippen MR) is 261 cm³/mol. The number of hydrogen-bond donors (Lipinski definition) is 5. The van der Waals surface area contributed by atoms with Gasteiger partial charge in [-0.05, 0) is 74.8 Å². The molecule has 0 bridgehead atoms. The van der Waals surface area contributed by atoms with Crippen molar-refractivity contribution in [1.82, 2.24) is 15.1 Å². The Balaban J connectivity index is 0.868. The number of anilines is 1. The van der Waals surface area contributed by atoms with Gasteiger partial charge in [-0.2, -0.15) is 0 Å². The van der Waals surface area contributed by atoms with E-state index in [1.807, 2.05) is 17.5 Å². The Kier molecular flexibility index (Phi) is 16.5. The highest BCUT2D eigenvalue weighted by atomic mass is 32.2. The number of unbranched alkanes of at least 4 members (excludes halogenated alkanes) is 7. The Hall–Kier alpha value is -6.03. The molecule has 7 rings (SSSR count). The molecule has 0 saturated carbocycles. The van der Waals surface area contributed by atoms with Crippen LogP contribution >= 0.6 is 23.1 Å². The van der Waals surface area contributed by atoms with Crippen LogP contribution in [0.1, 0.15) is 91.9 Å². The molecule has 71 heavy (non-hydrogen) atoms. The molecule has 1 aromatic heterocycles. The number of hydrogen-bond acceptors (Lipinski definition) is 18. The van der Waals surface area contributed by atoms with Gasteiger partial charge in [0.05, 0.1) is 24.6 Å². The van der Waals surface area contributed by atoms with E-state index in [0.29, 0.717) is 35.4 Å². The zero-order chi connectivity index (χ0) is 51.5. The number of ether oxygens (including phenoxy) is 3. The summed E-state index contributed by atoms with van der Waals surface area (Å²) in [6, 6.07) is 5.05. The summed E-state index contributed by atoms with van der Waals surface area (Å²) < 4.78 is 16.6. The first-order valence-electron chi connectivity index (χ1n) is 23.7. The Labute approximate surface area is 419 Å². The van der Waals surface area contributed by atoms with Gasteiger partial charge in [-0.3, -0.25) is 43.4 Å². The number of nitrogens with two attached hydrogens (primary N) is 1. The van der Waals surface area contributed by atoms with E-state index >= 15 is 0 Å². The van der Waals surface area contributed by atoms with Crippen LogP contribution in [-0.2, 0) is 55.9 Å². The summed E-state index contributed by atoms with van der Waals surface area (Å²) >= 11 is 2.82. The van der Waals surface area contributed by atoms with Gasteiger partial charge in [0.2, 0.25) is 11.7 Å². The van der Waals surface area contributed by atoms with Gasteiger partial charge in [0.1, 0.15) is 46.6 Å². The molecule has 5 aliphatic rings. The molecule has 382 valence electrons. The maximum Gasteiger partial charge on any atom is 0.355 e. The molecule has 2 aromatic rings. The summed E-state index contributed by atoms with van der Waals surface area (Å²) in [7, 11) is 6.75. The number of primary amides is 1. The zero-order valence-electron chi connectivity index (χ0n) is 40.4. The van der Waals surface area contributed by atoms with E-state index < -0.39 is 93.3 Å². The van der Waals surface area contributed by atoms with Crippen LogP contribution in [0.4, 0.5) is 5.69 Å². The lowest BCUT2D eigenvalue weighted by atomic mass is 9.58. The highest BCUT2D eigenvalue weighted by Gasteiger charge is 2.63. The molecule has 3 heterocycles. The maximum absolute atomic E-state index is 14.5. The molecule has 21 heteroatoms. The van der Waals surface area contributed by atoms with Crippen LogP contribution in [0.2, 0.25) is 0 Å². The van der Waals surface area contributed by atoms with Gasteiger partial charge in [0.25, 0.3) is 11.8 Å². The third-order valence-electron chi connectivity index (χ3n) is 13.7. The fourth-order valence-corrected chi connectivity index (χ4v) is 12.4. The number of carbonyl (C=O) groups excluding carboxylic acids is 8. The van der Waals surface area contributed by atoms with E-state index in [4.69, 9.17) is 19.9 Å². The van der Waals surface area contributed by atoms with E-state index in [2.05, 4.69) is 5.32 Å². The predicted octanol–water partition coefficient (Wildman–Crippen LogP) is 3.96. The molecule has 6 N–H and O–H groups in total. The quantitative estimate of drug-likeness (QED) is 0.0389. The molecule has 0 spiro atoms. The van der Waals surface area contributed by atoms with Crippen LogP contribution in [0.3, 0.4) is 0 Å². The number of carbonyl (C=O) groups is 8. The Morgan fingerprint density at radius 3 is 2.27 bits per heavy atom. The van der Waals surface area contributed by atoms with Crippen LogP contribution < -0.4 is 20.7 Å². The van der Waals surface area contributed by atoms with Crippen molar-refractivity contribution in [3.8, 4) is 5.75 Å². The number of thioether (sulfide) groups is 1. The number of fused-ring (bicyclic) bond motifs is 4. The number of likely N-dealkylation sites (N-methyl/N-ethyl adjacent to an activating group) is 1. The first-order chi connectivity index (χ1) is 33.8. The lowest BCUT2D eigenvalue weighted by molar-refractivity contribution is -0.153. The molecule has 3 amide bonds. The lowest BCUT2D eigenvalue weighted by Gasteiger charge is -2.50. The van der Waals surface area contributed by atoms with Crippen LogP contribution in [0.25, 0.3) is 0 Å². The number of nitrogens with one attached hydrogen (secondary N) is 1. The van der Waals surface area contributed by atoms with Gasteiger partial charge in [0.15, 0.2) is 11.4 Å². The number of thiophene rings is 1. The number of nitrogens with zero attached hydrogens (tertiary/aromatic N) is 3. The van der Waals surface area contributed by atoms with Crippen molar-refractivity contribution >= 4 is 76.0 Å². The molecule has 0 unspecified atom stereocenters. The number of rotatable bonds is 21. The second-order valence-electron chi connectivity index (χ2n) is 18.9. The summed E-state index contributed by atoms with van der Waals surface area (Å²) in [5, 5.41) is 39.0. The van der Waals surface area contributed by atoms with E-state index in [1.165, 1.54) is 45.9 Å². The van der Waals surface area contributed by atoms with Crippen molar-refractivity contribution in [1.29, 1.82) is 0 Å². The van der Waals surface area contributed by atoms with E-state index in [9.17, 15) is 53.7 Å². The fraction of sp³-hybridized carbons (Fsp3) is 0.520. The van der Waals surface area contributed by atoms with E-state index in [0.717, 1.165) is 43.4 Å². The average Bonchev–Trinajstić information content (AvgIpc) is 3.82. The normalized spacial score (nSPS) is 23.6. The molecular formula is C50H61N5O14S2. The fourth-order valence-electron chi connectivity index (χ4n) is 10.3. The molecule has 1 aromatic carbocycles. The van der Waals surface area contributed by atoms with Crippen molar-refractivity contribution in [3.63, 3.8) is 0 Å². The monoisotopic (exact) mass is 1020 g/mol. The molecule has 1 fully saturated rings. The van der Waals surface area contributed by atoms with Crippen molar-refractivity contribution in [2.75, 3.05) is 52.1 Å². The Bertz CT molecular complexity index is 2590. The summed E-state index contributed by atoms with van der Waals surface area (Å²) in [6.07, 6.45) is 6.55. The molecular weight excluding hydrogens is 959 g/mol. The number of allylic oxidation sites excluding steroid dienone is 1. The van der Waals surface area contributed by atoms with Crippen molar-refractivity contribution in [3.05, 3.63) is 79.6 Å². The minimum atomic E-state index is -2.73. The largest absolute Gasteiger partial charge is 0.510 e. The van der Waals surface area contributed by atoms with Gasteiger partial charge < -0.3 is 45.5 Å². The highest BCUT2D eigenvalue weighted by molar-refractivity contribution is 8.00. The number of Topliss-reactive ketones (excluding diaryl/α,β-unsaturated/α-hetero) is 2. The van der Waals surface area contributed by atoms with Gasteiger partial charge in [0, 0.05) is 60.8 Å². The topological polar surface area (TPSA) is 273 Å². The van der Waals surface area contributed by atoms with Crippen LogP contribution in [-0.4, -0.2) is 143 Å². The first-order valence-corrected chi connectivity index (χ1v) is 25.7. The second kappa shape index (κ2) is 22.2. The van der Waals surface area contributed by atoms with Crippen molar-refractivity contribution in [2.24, 2.45) is 17.6 Å². The van der Waals surface area contributed by atoms with Crippen molar-refractivity contribution < 1.29 is 67.9 Å². The first kappa shape index (κ1) is 52.8. The minimum Gasteiger partial charge on any atom is -0.510 e. The van der Waals surface area contributed by atoms with Crippen LogP contribution in [0.5, 0.6) is 5.75 Å². The number of esters is 3. The average molecular weight is 1020 g/mol. The summed E-state index contributed by atoms with van der Waals surface area (Å²) in [4.78, 5) is 110. The SMILES string of the molecule is CC(=O)OCC1=C(C(=O)OCCCCCCCCCCC(=O)Oc2ccc(N(C)C)c3c2C(=O)C2=C(O)[C@]4(O)C(=O)C(C(N)=O)=C(O)[C@@H](N(C)C)[C@@H]4C[C@@H]2C3)N2C(=O)[C@@H](NC(=O)Cc3cccs3)[C@H]2SC1. The summed E-state index contributed by atoms with van der Waals surface area (Å²) in [5.74, 6) is -8.88. The number of β-lactam (4-membered cyclic amide) rings is 1.